The first-order chi connectivity index (χ1) is 12.7. The number of alkyl halides is 1. The summed E-state index contributed by atoms with van der Waals surface area (Å²) in [6, 6.07) is 12.1. The van der Waals surface area contributed by atoms with Crippen LogP contribution in [0.1, 0.15) is 30.7 Å². The van der Waals surface area contributed by atoms with Crippen molar-refractivity contribution in [3.63, 3.8) is 0 Å². The van der Waals surface area contributed by atoms with Gasteiger partial charge in [-0.1, -0.05) is 15.9 Å². The van der Waals surface area contributed by atoms with E-state index in [1.165, 1.54) is 31.0 Å². The van der Waals surface area contributed by atoms with E-state index in [2.05, 4.69) is 25.7 Å². The topological polar surface area (TPSA) is 6.48 Å². The molecular weight excluding hydrogens is 398 g/mol. The molecule has 0 amide bonds. The van der Waals surface area contributed by atoms with Crippen LogP contribution in [0.3, 0.4) is 0 Å². The second-order valence-corrected chi connectivity index (χ2v) is 8.00. The van der Waals surface area contributed by atoms with E-state index in [0.717, 1.165) is 48.3 Å². The van der Waals surface area contributed by atoms with Crippen molar-refractivity contribution in [1.29, 1.82) is 0 Å². The van der Waals surface area contributed by atoms with E-state index in [0.29, 0.717) is 12.0 Å². The molecule has 2 nitrogen and oxygen atoms in total. The summed E-state index contributed by atoms with van der Waals surface area (Å²) in [5.74, 6) is -0.117. The fraction of sp³-hybridized carbons (Fsp3) is 0.429. The Morgan fingerprint density at radius 1 is 1.00 bits per heavy atom. The molecule has 2 heterocycles. The SMILES string of the molecule is Fc1ccc(N2c3ccc(F)cc3[C@@H]3CN(CCCCBr)CC[C@H]32)cc1. The molecule has 0 spiro atoms. The summed E-state index contributed by atoms with van der Waals surface area (Å²) >= 11 is 3.49. The van der Waals surface area contributed by atoms with Crippen molar-refractivity contribution in [3.05, 3.63) is 59.7 Å². The van der Waals surface area contributed by atoms with E-state index >= 15 is 0 Å². The van der Waals surface area contributed by atoms with Crippen LogP contribution in [0.5, 0.6) is 0 Å². The lowest BCUT2D eigenvalue weighted by Crippen LogP contribution is -2.45. The van der Waals surface area contributed by atoms with Gasteiger partial charge in [0.25, 0.3) is 0 Å². The first kappa shape index (κ1) is 17.9. The van der Waals surface area contributed by atoms with E-state index < -0.39 is 0 Å². The monoisotopic (exact) mass is 420 g/mol. The Morgan fingerprint density at radius 2 is 1.77 bits per heavy atom. The molecular formula is C21H23BrF2N2. The van der Waals surface area contributed by atoms with Crippen molar-refractivity contribution in [2.24, 2.45) is 0 Å². The lowest BCUT2D eigenvalue weighted by molar-refractivity contribution is 0.194. The quantitative estimate of drug-likeness (QED) is 0.468. The van der Waals surface area contributed by atoms with E-state index in [1.807, 2.05) is 18.2 Å². The van der Waals surface area contributed by atoms with Crippen LogP contribution in [-0.2, 0) is 0 Å². The molecule has 138 valence electrons. The van der Waals surface area contributed by atoms with Gasteiger partial charge >= 0.3 is 0 Å². The highest BCUT2D eigenvalue weighted by Gasteiger charge is 2.42. The average molecular weight is 421 g/mol. The molecule has 1 saturated heterocycles. The van der Waals surface area contributed by atoms with E-state index in [-0.39, 0.29) is 11.6 Å². The zero-order chi connectivity index (χ0) is 18.1. The zero-order valence-electron chi connectivity index (χ0n) is 14.7. The summed E-state index contributed by atoms with van der Waals surface area (Å²) in [6.07, 6.45) is 3.39. The second-order valence-electron chi connectivity index (χ2n) is 7.21. The third-order valence-corrected chi connectivity index (χ3v) is 6.16. The van der Waals surface area contributed by atoms with Gasteiger partial charge in [0.05, 0.1) is 0 Å². The number of benzene rings is 2. The lowest BCUT2D eigenvalue weighted by Gasteiger charge is -2.39. The number of hydrogen-bond donors (Lipinski definition) is 0. The van der Waals surface area contributed by atoms with E-state index in [1.54, 1.807) is 6.07 Å². The third-order valence-electron chi connectivity index (χ3n) is 5.60. The summed E-state index contributed by atoms with van der Waals surface area (Å²) < 4.78 is 27.3. The minimum absolute atomic E-state index is 0.181. The first-order valence-corrected chi connectivity index (χ1v) is 10.4. The normalized spacial score (nSPS) is 22.3. The molecule has 1 fully saturated rings. The Kier molecular flexibility index (Phi) is 5.28. The Hall–Kier alpha value is -1.46. The average Bonchev–Trinajstić information content (AvgIpc) is 2.96. The first-order valence-electron chi connectivity index (χ1n) is 9.30. The molecule has 0 bridgehead atoms. The number of halogens is 3. The molecule has 4 rings (SSSR count). The predicted molar refractivity (Wildman–Crippen MR) is 106 cm³/mol. The number of hydrogen-bond acceptors (Lipinski definition) is 2. The molecule has 2 aromatic rings. The van der Waals surface area contributed by atoms with Gasteiger partial charge in [0.2, 0.25) is 0 Å². The molecule has 2 aliphatic heterocycles. The fourth-order valence-corrected chi connectivity index (χ4v) is 4.80. The second kappa shape index (κ2) is 7.65. The van der Waals surface area contributed by atoms with E-state index in [4.69, 9.17) is 0 Å². The Balaban J connectivity index is 1.64. The smallest absolute Gasteiger partial charge is 0.123 e. The number of likely N-dealkylation sites (tertiary alicyclic amines) is 1. The van der Waals surface area contributed by atoms with Crippen LogP contribution in [0.15, 0.2) is 42.5 Å². The number of anilines is 2. The number of nitrogens with zero attached hydrogens (tertiary/aromatic N) is 2. The molecule has 5 heteroatoms. The van der Waals surface area contributed by atoms with Gasteiger partial charge in [-0.05, 0) is 73.8 Å². The Labute approximate surface area is 161 Å². The minimum atomic E-state index is -0.231. The molecule has 0 radical (unpaired) electrons. The highest BCUT2D eigenvalue weighted by molar-refractivity contribution is 9.09. The summed E-state index contributed by atoms with van der Waals surface area (Å²) in [5.41, 5.74) is 3.14. The molecule has 0 aromatic heterocycles. The van der Waals surface area contributed by atoms with E-state index in [9.17, 15) is 8.78 Å². The number of unbranched alkanes of at least 4 members (excludes halogenated alkanes) is 1. The summed E-state index contributed by atoms with van der Waals surface area (Å²) in [4.78, 5) is 4.79. The maximum absolute atomic E-state index is 14.0. The summed E-state index contributed by atoms with van der Waals surface area (Å²) in [7, 11) is 0. The predicted octanol–water partition coefficient (Wildman–Crippen LogP) is 5.45. The molecule has 0 saturated carbocycles. The van der Waals surface area contributed by atoms with Crippen molar-refractivity contribution >= 4 is 27.3 Å². The minimum Gasteiger partial charge on any atom is -0.337 e. The van der Waals surface area contributed by atoms with Gasteiger partial charge in [-0.25, -0.2) is 8.78 Å². The number of fused-ring (bicyclic) bond motifs is 3. The van der Waals surface area contributed by atoms with Gasteiger partial charge in [-0.2, -0.15) is 0 Å². The van der Waals surface area contributed by atoms with Crippen molar-refractivity contribution in [1.82, 2.24) is 4.90 Å². The molecule has 2 atom stereocenters. The van der Waals surface area contributed by atoms with Crippen LogP contribution < -0.4 is 4.90 Å². The third kappa shape index (κ3) is 3.39. The standard InChI is InChI=1S/C21H23BrF2N2/c22-10-1-2-11-25-12-9-21-19(14-25)18-13-16(24)5-8-20(18)26(21)17-6-3-15(23)4-7-17/h3-8,13,19,21H,1-2,9-12,14H2/t19-,21+/m0/s1. The maximum Gasteiger partial charge on any atom is 0.123 e. The fourth-order valence-electron chi connectivity index (χ4n) is 4.41. The van der Waals surface area contributed by atoms with Crippen molar-refractivity contribution in [2.75, 3.05) is 29.9 Å². The van der Waals surface area contributed by atoms with Gasteiger partial charge in [-0.3, -0.25) is 0 Å². The van der Waals surface area contributed by atoms with Crippen LogP contribution in [0.2, 0.25) is 0 Å². The van der Waals surface area contributed by atoms with Crippen LogP contribution in [0.25, 0.3) is 0 Å². The molecule has 0 unspecified atom stereocenters. The lowest BCUT2D eigenvalue weighted by atomic mass is 9.89. The zero-order valence-corrected chi connectivity index (χ0v) is 16.3. The van der Waals surface area contributed by atoms with Gasteiger partial charge in [0.1, 0.15) is 11.6 Å². The van der Waals surface area contributed by atoms with Gasteiger partial charge < -0.3 is 9.80 Å². The highest BCUT2D eigenvalue weighted by Crippen LogP contribution is 2.48. The van der Waals surface area contributed by atoms with Crippen molar-refractivity contribution in [2.45, 2.75) is 31.2 Å². The number of rotatable bonds is 5. The molecule has 26 heavy (non-hydrogen) atoms. The number of piperidine rings is 1. The van der Waals surface area contributed by atoms with Gasteiger partial charge in [-0.15, -0.1) is 0 Å². The summed E-state index contributed by atoms with van der Waals surface area (Å²) in [6.45, 7) is 3.11. The Bertz CT molecular complexity index is 765. The molecule has 2 aliphatic rings. The summed E-state index contributed by atoms with van der Waals surface area (Å²) in [5, 5.41) is 1.04. The van der Waals surface area contributed by atoms with Crippen LogP contribution in [0.4, 0.5) is 20.2 Å². The van der Waals surface area contributed by atoms with Crippen LogP contribution in [-0.4, -0.2) is 35.9 Å². The molecule has 0 aliphatic carbocycles. The van der Waals surface area contributed by atoms with Crippen molar-refractivity contribution in [3.8, 4) is 0 Å². The molecule has 2 aromatic carbocycles. The molecule has 0 N–H and O–H groups in total. The highest BCUT2D eigenvalue weighted by atomic mass is 79.9. The van der Waals surface area contributed by atoms with Gasteiger partial charge in [0.15, 0.2) is 0 Å². The maximum atomic E-state index is 14.0. The Morgan fingerprint density at radius 3 is 2.54 bits per heavy atom. The largest absolute Gasteiger partial charge is 0.337 e. The van der Waals surface area contributed by atoms with Crippen LogP contribution >= 0.6 is 15.9 Å². The van der Waals surface area contributed by atoms with Crippen LogP contribution in [0, 0.1) is 11.6 Å². The van der Waals surface area contributed by atoms with Gasteiger partial charge in [0, 0.05) is 41.8 Å². The van der Waals surface area contributed by atoms with Crippen molar-refractivity contribution < 1.29 is 8.78 Å².